The van der Waals surface area contributed by atoms with E-state index in [1.54, 1.807) is 13.8 Å². The summed E-state index contributed by atoms with van der Waals surface area (Å²) in [6.45, 7) is 4.27. The normalized spacial score (nSPS) is 21.6. The van der Waals surface area contributed by atoms with Crippen molar-refractivity contribution in [1.29, 1.82) is 0 Å². The molecule has 0 bridgehead atoms. The van der Waals surface area contributed by atoms with Crippen LogP contribution in [0.5, 0.6) is 0 Å². The number of hydrogen-bond donors (Lipinski definition) is 2. The molecule has 1 aliphatic rings. The van der Waals surface area contributed by atoms with E-state index < -0.39 is 11.5 Å². The van der Waals surface area contributed by atoms with Crippen molar-refractivity contribution in [3.05, 3.63) is 0 Å². The highest BCUT2D eigenvalue weighted by Crippen LogP contribution is 2.33. The average Bonchev–Trinajstić information content (AvgIpc) is 2.88. The van der Waals surface area contributed by atoms with Crippen LogP contribution in [0.25, 0.3) is 0 Å². The first-order valence-electron chi connectivity index (χ1n) is 6.93. The van der Waals surface area contributed by atoms with Gasteiger partial charge in [-0.05, 0) is 26.2 Å². The first kappa shape index (κ1) is 16.3. The monoisotopic (exact) mass is 285 g/mol. The summed E-state index contributed by atoms with van der Waals surface area (Å²) in [4.78, 5) is 38.3. The highest BCUT2D eigenvalue weighted by atomic mass is 16.4. The first-order valence-corrected chi connectivity index (χ1v) is 6.93. The lowest BCUT2D eigenvalue weighted by Crippen LogP contribution is -2.57. The molecule has 0 radical (unpaired) electrons. The average molecular weight is 285 g/mol. The number of rotatable bonds is 5. The van der Waals surface area contributed by atoms with Gasteiger partial charge in [-0.25, -0.2) is 9.59 Å². The third-order valence-electron chi connectivity index (χ3n) is 3.97. The van der Waals surface area contributed by atoms with Gasteiger partial charge in [-0.2, -0.15) is 0 Å². The molecule has 0 saturated carbocycles. The molecule has 3 amide bonds. The fourth-order valence-electron chi connectivity index (χ4n) is 2.64. The second-order valence-electron chi connectivity index (χ2n) is 4.92. The quantitative estimate of drug-likeness (QED) is 0.770. The topological polar surface area (TPSA) is 90.0 Å². The van der Waals surface area contributed by atoms with Gasteiger partial charge in [0.25, 0.3) is 0 Å². The predicted molar refractivity (Wildman–Crippen MR) is 73.3 cm³/mol. The van der Waals surface area contributed by atoms with Gasteiger partial charge in [0.2, 0.25) is 5.91 Å². The Morgan fingerprint density at radius 1 is 1.35 bits per heavy atom. The van der Waals surface area contributed by atoms with E-state index in [1.807, 2.05) is 0 Å². The van der Waals surface area contributed by atoms with Crippen LogP contribution in [-0.4, -0.2) is 65.0 Å². The second-order valence-corrected chi connectivity index (χ2v) is 4.92. The number of nitrogens with one attached hydrogen (secondary N) is 1. The van der Waals surface area contributed by atoms with Crippen LogP contribution in [0.15, 0.2) is 0 Å². The van der Waals surface area contributed by atoms with Crippen molar-refractivity contribution < 1.29 is 19.5 Å². The summed E-state index contributed by atoms with van der Waals surface area (Å²) < 4.78 is 0. The zero-order valence-corrected chi connectivity index (χ0v) is 12.3. The third-order valence-corrected chi connectivity index (χ3v) is 3.97. The number of amides is 3. The minimum atomic E-state index is -1.13. The molecule has 1 fully saturated rings. The van der Waals surface area contributed by atoms with E-state index in [1.165, 1.54) is 16.8 Å². The number of carboxylic acid groups (broad SMARTS) is 1. The molecular formula is C13H23N3O4. The molecular weight excluding hydrogens is 262 g/mol. The number of urea groups is 1. The van der Waals surface area contributed by atoms with Crippen LogP contribution < -0.4 is 5.32 Å². The molecule has 0 aromatic heterocycles. The van der Waals surface area contributed by atoms with Crippen LogP contribution in [0.1, 0.15) is 33.1 Å². The summed E-state index contributed by atoms with van der Waals surface area (Å²) in [5.41, 5.74) is -1.13. The number of nitrogens with zero attached hydrogens (tertiary/aromatic N) is 2. The van der Waals surface area contributed by atoms with E-state index in [2.05, 4.69) is 5.32 Å². The number of hydrogen-bond acceptors (Lipinski definition) is 3. The van der Waals surface area contributed by atoms with Gasteiger partial charge >= 0.3 is 12.0 Å². The van der Waals surface area contributed by atoms with Crippen molar-refractivity contribution in [1.82, 2.24) is 15.1 Å². The molecule has 0 aromatic rings. The van der Waals surface area contributed by atoms with Gasteiger partial charge in [-0.3, -0.25) is 4.79 Å². The van der Waals surface area contributed by atoms with Crippen molar-refractivity contribution in [2.24, 2.45) is 0 Å². The molecule has 0 aliphatic carbocycles. The van der Waals surface area contributed by atoms with Gasteiger partial charge in [0.1, 0.15) is 12.1 Å². The lowest BCUT2D eigenvalue weighted by molar-refractivity contribution is -0.148. The number of likely N-dealkylation sites (tertiary alicyclic amines) is 1. The van der Waals surface area contributed by atoms with Gasteiger partial charge in [-0.1, -0.05) is 6.92 Å². The lowest BCUT2D eigenvalue weighted by atomic mass is 9.93. The summed E-state index contributed by atoms with van der Waals surface area (Å²) in [7, 11) is 1.50. The maximum absolute atomic E-state index is 12.5. The maximum Gasteiger partial charge on any atom is 0.329 e. The summed E-state index contributed by atoms with van der Waals surface area (Å²) in [6.07, 6.45) is 1.50. The fraction of sp³-hybridized carbons (Fsp3) is 0.769. The zero-order chi connectivity index (χ0) is 15.3. The molecule has 1 saturated heterocycles. The van der Waals surface area contributed by atoms with Gasteiger partial charge in [0.15, 0.2) is 0 Å². The molecule has 1 heterocycles. The van der Waals surface area contributed by atoms with Crippen molar-refractivity contribution in [2.45, 2.75) is 38.6 Å². The summed E-state index contributed by atoms with van der Waals surface area (Å²) in [5.74, 6) is -1.24. The number of carbonyl (C=O) groups is 3. The Hall–Kier alpha value is -1.79. The summed E-state index contributed by atoms with van der Waals surface area (Å²) in [6, 6.07) is -0.377. The molecule has 1 unspecified atom stereocenters. The Labute approximate surface area is 118 Å². The Morgan fingerprint density at radius 2 is 2.00 bits per heavy atom. The Morgan fingerprint density at radius 3 is 2.45 bits per heavy atom. The summed E-state index contributed by atoms with van der Waals surface area (Å²) in [5, 5.41) is 11.9. The van der Waals surface area contributed by atoms with Gasteiger partial charge < -0.3 is 20.2 Å². The van der Waals surface area contributed by atoms with Crippen LogP contribution >= 0.6 is 0 Å². The van der Waals surface area contributed by atoms with E-state index >= 15 is 0 Å². The van der Waals surface area contributed by atoms with Crippen LogP contribution in [0, 0.1) is 0 Å². The first-order chi connectivity index (χ1) is 9.42. The third kappa shape index (κ3) is 2.86. The van der Waals surface area contributed by atoms with Crippen molar-refractivity contribution >= 4 is 17.9 Å². The van der Waals surface area contributed by atoms with E-state index in [0.29, 0.717) is 32.4 Å². The molecule has 2 N–H and O–H groups in total. The number of likely N-dealkylation sites (N-methyl/N-ethyl adjacent to an activating group) is 2. The van der Waals surface area contributed by atoms with E-state index in [0.717, 1.165) is 0 Å². The SMILES string of the molecule is CCN(CC(=O)NC)C(=O)N1CCCC1(CC)C(=O)O. The Bertz CT molecular complexity index is 399. The van der Waals surface area contributed by atoms with E-state index in [9.17, 15) is 19.5 Å². The van der Waals surface area contributed by atoms with Gasteiger partial charge in [0, 0.05) is 20.1 Å². The molecule has 20 heavy (non-hydrogen) atoms. The fourth-order valence-corrected chi connectivity index (χ4v) is 2.64. The van der Waals surface area contributed by atoms with Gasteiger partial charge in [-0.15, -0.1) is 0 Å². The standard InChI is InChI=1S/C13H23N3O4/c1-4-13(11(18)19)7-6-8-16(13)12(20)15(5-2)9-10(17)14-3/h4-9H2,1-3H3,(H,14,17)(H,18,19). The van der Waals surface area contributed by atoms with Crippen LogP contribution in [0.3, 0.4) is 0 Å². The van der Waals surface area contributed by atoms with Crippen molar-refractivity contribution in [3.8, 4) is 0 Å². The minimum Gasteiger partial charge on any atom is -0.479 e. The minimum absolute atomic E-state index is 0.0538. The number of carbonyl (C=O) groups excluding carboxylic acids is 2. The summed E-state index contributed by atoms with van der Waals surface area (Å²) >= 11 is 0. The largest absolute Gasteiger partial charge is 0.479 e. The number of carboxylic acids is 1. The molecule has 1 rings (SSSR count). The highest BCUT2D eigenvalue weighted by Gasteiger charge is 2.49. The van der Waals surface area contributed by atoms with Crippen LogP contribution in [-0.2, 0) is 9.59 Å². The molecule has 1 aliphatic heterocycles. The molecule has 1 atom stereocenters. The predicted octanol–water partition coefficient (Wildman–Crippen LogP) is 0.504. The molecule has 0 spiro atoms. The number of aliphatic carboxylic acids is 1. The van der Waals surface area contributed by atoms with E-state index in [-0.39, 0.29) is 18.5 Å². The molecule has 0 aromatic carbocycles. The Balaban J connectivity index is 2.93. The molecule has 7 heteroatoms. The van der Waals surface area contributed by atoms with Gasteiger partial charge in [0.05, 0.1) is 0 Å². The highest BCUT2D eigenvalue weighted by molar-refractivity contribution is 5.89. The Kier molecular flexibility index (Phi) is 5.35. The maximum atomic E-state index is 12.5. The van der Waals surface area contributed by atoms with Crippen molar-refractivity contribution in [3.63, 3.8) is 0 Å². The lowest BCUT2D eigenvalue weighted by Gasteiger charge is -2.37. The van der Waals surface area contributed by atoms with E-state index in [4.69, 9.17) is 0 Å². The smallest absolute Gasteiger partial charge is 0.329 e. The molecule has 7 nitrogen and oxygen atoms in total. The second kappa shape index (κ2) is 6.58. The zero-order valence-electron chi connectivity index (χ0n) is 12.3. The van der Waals surface area contributed by atoms with Crippen LogP contribution in [0.2, 0.25) is 0 Å². The van der Waals surface area contributed by atoms with Crippen molar-refractivity contribution in [2.75, 3.05) is 26.7 Å². The van der Waals surface area contributed by atoms with Crippen LogP contribution in [0.4, 0.5) is 4.79 Å². The molecule has 114 valence electrons.